The summed E-state index contributed by atoms with van der Waals surface area (Å²) in [6.45, 7) is 4.12. The lowest BCUT2D eigenvalue weighted by atomic mass is 9.94. The van der Waals surface area contributed by atoms with Crippen molar-refractivity contribution < 1.29 is 19.4 Å². The fraction of sp³-hybridized carbons (Fsp3) is 0.733. The summed E-state index contributed by atoms with van der Waals surface area (Å²) in [6, 6.07) is -0.584. The van der Waals surface area contributed by atoms with Crippen molar-refractivity contribution in [3.05, 3.63) is 0 Å². The molecule has 2 N–H and O–H groups in total. The Labute approximate surface area is 125 Å². The van der Waals surface area contributed by atoms with Gasteiger partial charge in [0.2, 0.25) is 5.91 Å². The summed E-state index contributed by atoms with van der Waals surface area (Å²) in [7, 11) is 1.29. The maximum absolute atomic E-state index is 12.2. The predicted molar refractivity (Wildman–Crippen MR) is 78.3 cm³/mol. The van der Waals surface area contributed by atoms with E-state index >= 15 is 0 Å². The standard InChI is InChI=1S/C15H24N2O4/c1-5-15(6-2,7-3)16-13(19)10-17-9-11(18)8-12(17)14(20)21-4/h1,11-12,18H,6-10H2,2-4H3,(H,16,19). The van der Waals surface area contributed by atoms with Gasteiger partial charge >= 0.3 is 5.97 Å². The van der Waals surface area contributed by atoms with Gasteiger partial charge in [0.15, 0.2) is 0 Å². The minimum absolute atomic E-state index is 0.0141. The molecule has 1 aliphatic heterocycles. The molecule has 0 bridgehead atoms. The molecule has 1 heterocycles. The molecule has 1 aliphatic rings. The summed E-state index contributed by atoms with van der Waals surface area (Å²) >= 11 is 0. The zero-order valence-electron chi connectivity index (χ0n) is 12.9. The van der Waals surface area contributed by atoms with E-state index < -0.39 is 23.7 Å². The van der Waals surface area contributed by atoms with Gasteiger partial charge in [0, 0.05) is 13.0 Å². The zero-order valence-corrected chi connectivity index (χ0v) is 12.9. The fourth-order valence-corrected chi connectivity index (χ4v) is 2.59. The number of amides is 1. The molecular formula is C15H24N2O4. The third kappa shape index (κ3) is 4.19. The van der Waals surface area contributed by atoms with Crippen LogP contribution in [0.3, 0.4) is 0 Å². The van der Waals surface area contributed by atoms with Crippen molar-refractivity contribution in [2.24, 2.45) is 0 Å². The number of methoxy groups -OCH3 is 1. The Bertz CT molecular complexity index is 426. The third-order valence-corrected chi connectivity index (χ3v) is 4.06. The number of hydrogen-bond donors (Lipinski definition) is 2. The van der Waals surface area contributed by atoms with Crippen molar-refractivity contribution in [2.75, 3.05) is 20.2 Å². The lowest BCUT2D eigenvalue weighted by molar-refractivity contribution is -0.146. The Morgan fingerprint density at radius 1 is 1.48 bits per heavy atom. The van der Waals surface area contributed by atoms with Crippen LogP contribution in [0.25, 0.3) is 0 Å². The molecule has 0 aromatic rings. The van der Waals surface area contributed by atoms with E-state index in [4.69, 9.17) is 11.2 Å². The van der Waals surface area contributed by atoms with Crippen molar-refractivity contribution in [2.45, 2.75) is 50.8 Å². The molecule has 0 aromatic carbocycles. The largest absolute Gasteiger partial charge is 0.468 e. The van der Waals surface area contributed by atoms with Crippen molar-refractivity contribution in [3.63, 3.8) is 0 Å². The molecule has 2 atom stereocenters. The number of rotatable bonds is 6. The minimum Gasteiger partial charge on any atom is -0.468 e. The molecule has 1 saturated heterocycles. The highest BCUT2D eigenvalue weighted by atomic mass is 16.5. The number of aliphatic hydroxyl groups is 1. The van der Waals surface area contributed by atoms with Crippen LogP contribution < -0.4 is 5.32 Å². The number of aliphatic hydroxyl groups excluding tert-OH is 1. The van der Waals surface area contributed by atoms with Gasteiger partial charge in [-0.3, -0.25) is 14.5 Å². The first kappa shape index (κ1) is 17.5. The first-order valence-corrected chi connectivity index (χ1v) is 7.20. The van der Waals surface area contributed by atoms with Gasteiger partial charge in [0.25, 0.3) is 0 Å². The van der Waals surface area contributed by atoms with Crippen molar-refractivity contribution in [3.8, 4) is 12.3 Å². The maximum atomic E-state index is 12.2. The van der Waals surface area contributed by atoms with Crippen LogP contribution in [-0.2, 0) is 14.3 Å². The molecule has 0 aromatic heterocycles. The monoisotopic (exact) mass is 296 g/mol. The highest BCUT2D eigenvalue weighted by Gasteiger charge is 2.38. The molecule has 21 heavy (non-hydrogen) atoms. The van der Waals surface area contributed by atoms with Gasteiger partial charge in [-0.1, -0.05) is 19.8 Å². The van der Waals surface area contributed by atoms with Crippen LogP contribution in [0.4, 0.5) is 0 Å². The van der Waals surface area contributed by atoms with E-state index in [9.17, 15) is 14.7 Å². The molecule has 1 fully saturated rings. The van der Waals surface area contributed by atoms with Crippen molar-refractivity contribution in [1.82, 2.24) is 10.2 Å². The first-order valence-electron chi connectivity index (χ1n) is 7.20. The summed E-state index contributed by atoms with van der Waals surface area (Å²) in [6.07, 6.45) is 6.43. The average Bonchev–Trinajstić information content (AvgIpc) is 2.84. The van der Waals surface area contributed by atoms with Crippen LogP contribution in [-0.4, -0.2) is 59.8 Å². The lowest BCUT2D eigenvalue weighted by Gasteiger charge is -2.29. The number of nitrogens with zero attached hydrogens (tertiary/aromatic N) is 1. The number of nitrogens with one attached hydrogen (secondary N) is 1. The first-order chi connectivity index (χ1) is 9.91. The highest BCUT2D eigenvalue weighted by Crippen LogP contribution is 2.19. The van der Waals surface area contributed by atoms with E-state index in [1.54, 1.807) is 4.90 Å². The van der Waals surface area contributed by atoms with E-state index in [0.717, 1.165) is 0 Å². The minimum atomic E-state index is -0.657. The second-order valence-corrected chi connectivity index (χ2v) is 5.34. The average molecular weight is 296 g/mol. The van der Waals surface area contributed by atoms with E-state index in [1.807, 2.05) is 13.8 Å². The Hall–Kier alpha value is -1.58. The number of carbonyl (C=O) groups is 2. The van der Waals surface area contributed by atoms with Crippen LogP contribution >= 0.6 is 0 Å². The van der Waals surface area contributed by atoms with E-state index in [1.165, 1.54) is 7.11 Å². The van der Waals surface area contributed by atoms with Crippen molar-refractivity contribution in [1.29, 1.82) is 0 Å². The van der Waals surface area contributed by atoms with Crippen LogP contribution in [0.15, 0.2) is 0 Å². The second kappa shape index (κ2) is 7.43. The predicted octanol–water partition coefficient (Wildman–Crippen LogP) is -0.0972. The molecule has 0 spiro atoms. The number of likely N-dealkylation sites (tertiary alicyclic amines) is 1. The van der Waals surface area contributed by atoms with Gasteiger partial charge in [0.1, 0.15) is 11.6 Å². The van der Waals surface area contributed by atoms with Gasteiger partial charge in [-0.2, -0.15) is 0 Å². The Morgan fingerprint density at radius 3 is 2.57 bits per heavy atom. The summed E-state index contributed by atoms with van der Waals surface area (Å²) < 4.78 is 4.70. The van der Waals surface area contributed by atoms with E-state index in [0.29, 0.717) is 12.8 Å². The molecular weight excluding hydrogens is 272 g/mol. The maximum Gasteiger partial charge on any atom is 0.323 e. The van der Waals surface area contributed by atoms with Gasteiger partial charge < -0.3 is 15.2 Å². The Morgan fingerprint density at radius 2 is 2.10 bits per heavy atom. The molecule has 0 radical (unpaired) electrons. The quantitative estimate of drug-likeness (QED) is 0.529. The zero-order chi connectivity index (χ0) is 16.0. The van der Waals surface area contributed by atoms with Gasteiger partial charge in [-0.25, -0.2) is 0 Å². The third-order valence-electron chi connectivity index (χ3n) is 4.06. The Kier molecular flexibility index (Phi) is 6.19. The van der Waals surface area contributed by atoms with E-state index in [-0.39, 0.29) is 25.4 Å². The number of ether oxygens (including phenoxy) is 1. The number of hydrogen-bond acceptors (Lipinski definition) is 5. The van der Waals surface area contributed by atoms with E-state index in [2.05, 4.69) is 11.2 Å². The topological polar surface area (TPSA) is 78.9 Å². The van der Waals surface area contributed by atoms with Crippen LogP contribution in [0.5, 0.6) is 0 Å². The van der Waals surface area contributed by atoms with Gasteiger partial charge in [-0.05, 0) is 12.8 Å². The highest BCUT2D eigenvalue weighted by molar-refractivity contribution is 5.81. The lowest BCUT2D eigenvalue weighted by Crippen LogP contribution is -2.51. The molecule has 1 amide bonds. The smallest absolute Gasteiger partial charge is 0.323 e. The summed E-state index contributed by atoms with van der Waals surface area (Å²) in [5, 5.41) is 12.5. The summed E-state index contributed by atoms with van der Waals surface area (Å²) in [4.78, 5) is 25.5. The second-order valence-electron chi connectivity index (χ2n) is 5.34. The van der Waals surface area contributed by atoms with Crippen LogP contribution in [0, 0.1) is 12.3 Å². The summed E-state index contributed by atoms with van der Waals surface area (Å²) in [5.41, 5.74) is -0.657. The molecule has 0 aliphatic carbocycles. The summed E-state index contributed by atoms with van der Waals surface area (Å²) in [5.74, 6) is 1.95. The molecule has 6 nitrogen and oxygen atoms in total. The van der Waals surface area contributed by atoms with Crippen LogP contribution in [0.2, 0.25) is 0 Å². The molecule has 6 heteroatoms. The number of terminal acetylenes is 1. The van der Waals surface area contributed by atoms with Crippen molar-refractivity contribution >= 4 is 11.9 Å². The fourth-order valence-electron chi connectivity index (χ4n) is 2.59. The Balaban J connectivity index is 2.69. The molecule has 1 rings (SSSR count). The van der Waals surface area contributed by atoms with Crippen LogP contribution in [0.1, 0.15) is 33.1 Å². The van der Waals surface area contributed by atoms with Gasteiger partial charge in [0.05, 0.1) is 19.8 Å². The SMILES string of the molecule is C#CC(CC)(CC)NC(=O)CN1CC(O)CC1C(=O)OC. The van der Waals surface area contributed by atoms with Gasteiger partial charge in [-0.15, -0.1) is 6.42 Å². The number of β-amino-alcohol motifs (C(OH)–C–C–N with tert-alkyl or cyclic N) is 1. The number of esters is 1. The number of carbonyl (C=O) groups excluding carboxylic acids is 2. The normalized spacial score (nSPS) is 22.6. The molecule has 2 unspecified atom stereocenters. The molecule has 118 valence electrons. The molecule has 0 saturated carbocycles.